The lowest BCUT2D eigenvalue weighted by Gasteiger charge is -2.22. The van der Waals surface area contributed by atoms with Crippen molar-refractivity contribution in [2.75, 3.05) is 13.7 Å². The van der Waals surface area contributed by atoms with Crippen LogP contribution in [-0.2, 0) is 4.57 Å². The molecule has 0 spiro atoms. The summed E-state index contributed by atoms with van der Waals surface area (Å²) >= 11 is 0. The van der Waals surface area contributed by atoms with Crippen molar-refractivity contribution in [1.82, 2.24) is 5.32 Å². The monoisotopic (exact) mass is 165 g/mol. The van der Waals surface area contributed by atoms with Gasteiger partial charge in [0.1, 0.15) is 0 Å². The number of hydrogen-bond acceptors (Lipinski definition) is 2. The van der Waals surface area contributed by atoms with Crippen LogP contribution < -0.4 is 5.32 Å². The predicted molar refractivity (Wildman–Crippen MR) is 43.4 cm³/mol. The summed E-state index contributed by atoms with van der Waals surface area (Å²) in [5.74, 6) is -0.0710. The summed E-state index contributed by atoms with van der Waals surface area (Å²) in [5.41, 5.74) is 0. The van der Waals surface area contributed by atoms with Crippen LogP contribution in [0.25, 0.3) is 0 Å². The van der Waals surface area contributed by atoms with Crippen LogP contribution in [0, 0.1) is 5.92 Å². The molecule has 0 aliphatic carbocycles. The highest BCUT2D eigenvalue weighted by Crippen LogP contribution is 2.43. The van der Waals surface area contributed by atoms with Crippen molar-refractivity contribution in [2.45, 2.75) is 19.6 Å². The molecule has 0 fully saturated rings. The third-order valence-corrected chi connectivity index (χ3v) is 3.33. The molecule has 0 saturated heterocycles. The van der Waals surface area contributed by atoms with Gasteiger partial charge in [-0.25, -0.2) is 0 Å². The first-order valence-electron chi connectivity index (χ1n) is 3.36. The summed E-state index contributed by atoms with van der Waals surface area (Å²) in [6, 6.07) is 0. The minimum Gasteiger partial charge on any atom is -0.343 e. The van der Waals surface area contributed by atoms with Crippen LogP contribution in [-0.4, -0.2) is 24.4 Å². The first kappa shape index (κ1) is 10.2. The minimum atomic E-state index is -2.94. The Morgan fingerprint density at radius 3 is 1.90 bits per heavy atom. The highest BCUT2D eigenvalue weighted by atomic mass is 31.2. The van der Waals surface area contributed by atoms with E-state index in [4.69, 9.17) is 4.89 Å². The zero-order valence-corrected chi connectivity index (χ0v) is 7.85. The maximum absolute atomic E-state index is 11.1. The van der Waals surface area contributed by atoms with Crippen molar-refractivity contribution in [3.63, 3.8) is 0 Å². The quantitative estimate of drug-likeness (QED) is 0.615. The fourth-order valence-corrected chi connectivity index (χ4v) is 2.71. The van der Waals surface area contributed by atoms with Gasteiger partial charge in [-0.1, -0.05) is 13.8 Å². The molecule has 2 unspecified atom stereocenters. The Balaban J connectivity index is 4.22. The van der Waals surface area contributed by atoms with E-state index in [9.17, 15) is 4.57 Å². The minimum absolute atomic E-state index is 0.200. The van der Waals surface area contributed by atoms with Gasteiger partial charge in [-0.3, -0.25) is 4.57 Å². The van der Waals surface area contributed by atoms with Gasteiger partial charge >= 0.3 is 0 Å². The molecule has 2 N–H and O–H groups in total. The van der Waals surface area contributed by atoms with Crippen LogP contribution in [0.5, 0.6) is 0 Å². The molecule has 0 aromatic carbocycles. The molecule has 10 heavy (non-hydrogen) atoms. The lowest BCUT2D eigenvalue weighted by atomic mass is 10.2. The van der Waals surface area contributed by atoms with E-state index >= 15 is 0 Å². The second kappa shape index (κ2) is 3.51. The number of rotatable bonds is 3. The van der Waals surface area contributed by atoms with Gasteiger partial charge in [-0.15, -0.1) is 0 Å². The summed E-state index contributed by atoms with van der Waals surface area (Å²) in [5, 5.41) is 2.83. The van der Waals surface area contributed by atoms with Crippen LogP contribution in [0.15, 0.2) is 0 Å². The van der Waals surface area contributed by atoms with Crippen molar-refractivity contribution >= 4 is 7.37 Å². The molecule has 0 radical (unpaired) electrons. The summed E-state index contributed by atoms with van der Waals surface area (Å²) in [6.45, 7) is 5.23. The zero-order valence-electron chi connectivity index (χ0n) is 6.96. The van der Waals surface area contributed by atoms with Crippen molar-refractivity contribution in [3.8, 4) is 0 Å². The standard InChI is InChI=1S/C6H16NO2P/c1-5(2)6(7-3)10(4,8)9/h5-7H,1-4H3,(H,8,9). The molecule has 0 amide bonds. The van der Waals surface area contributed by atoms with E-state index in [2.05, 4.69) is 5.32 Å². The maximum atomic E-state index is 11.1. The molecule has 2 atom stereocenters. The number of hydrogen-bond donors (Lipinski definition) is 2. The SMILES string of the molecule is CNC(C(C)C)P(C)(=O)O. The lowest BCUT2D eigenvalue weighted by Crippen LogP contribution is -2.30. The van der Waals surface area contributed by atoms with Crippen molar-refractivity contribution in [3.05, 3.63) is 0 Å². The van der Waals surface area contributed by atoms with E-state index in [-0.39, 0.29) is 11.7 Å². The van der Waals surface area contributed by atoms with E-state index in [1.807, 2.05) is 13.8 Å². The topological polar surface area (TPSA) is 49.3 Å². The molecular formula is C6H16NO2P. The number of nitrogens with one attached hydrogen (secondary N) is 1. The van der Waals surface area contributed by atoms with Crippen LogP contribution in [0.3, 0.4) is 0 Å². The van der Waals surface area contributed by atoms with Gasteiger partial charge < -0.3 is 10.2 Å². The van der Waals surface area contributed by atoms with Crippen molar-refractivity contribution < 1.29 is 9.46 Å². The first-order chi connectivity index (χ1) is 4.39. The highest BCUT2D eigenvalue weighted by molar-refractivity contribution is 7.57. The zero-order chi connectivity index (χ0) is 8.36. The van der Waals surface area contributed by atoms with E-state index in [0.717, 1.165) is 0 Å². The molecule has 3 nitrogen and oxygen atoms in total. The third kappa shape index (κ3) is 2.82. The lowest BCUT2D eigenvalue weighted by molar-refractivity contribution is 0.425. The fraction of sp³-hybridized carbons (Fsp3) is 1.00. The second-order valence-corrected chi connectivity index (χ2v) is 5.36. The fourth-order valence-electron chi connectivity index (χ4n) is 1.13. The van der Waals surface area contributed by atoms with Crippen molar-refractivity contribution in [1.29, 1.82) is 0 Å². The summed E-state index contributed by atoms with van der Waals surface area (Å²) < 4.78 is 11.1. The van der Waals surface area contributed by atoms with E-state index in [1.165, 1.54) is 6.66 Å². The third-order valence-electron chi connectivity index (χ3n) is 1.44. The molecule has 0 heterocycles. The van der Waals surface area contributed by atoms with Gasteiger partial charge in [0.15, 0.2) is 0 Å². The van der Waals surface area contributed by atoms with Gasteiger partial charge in [0, 0.05) is 6.66 Å². The molecule has 0 aliphatic heterocycles. The van der Waals surface area contributed by atoms with Crippen LogP contribution in [0.4, 0.5) is 0 Å². The van der Waals surface area contributed by atoms with Gasteiger partial charge in [0.05, 0.1) is 5.78 Å². The largest absolute Gasteiger partial charge is 0.343 e. The first-order valence-corrected chi connectivity index (χ1v) is 5.54. The molecule has 0 saturated carbocycles. The van der Waals surface area contributed by atoms with Gasteiger partial charge in [0.2, 0.25) is 7.37 Å². The van der Waals surface area contributed by atoms with E-state index < -0.39 is 7.37 Å². The van der Waals surface area contributed by atoms with E-state index in [1.54, 1.807) is 7.05 Å². The molecule has 0 aromatic heterocycles. The maximum Gasteiger partial charge on any atom is 0.214 e. The van der Waals surface area contributed by atoms with Crippen LogP contribution in [0.2, 0.25) is 0 Å². The Morgan fingerprint density at radius 1 is 1.50 bits per heavy atom. The Labute approximate surface area is 62.3 Å². The predicted octanol–water partition coefficient (Wildman–Crippen LogP) is 1.09. The molecule has 62 valence electrons. The highest BCUT2D eigenvalue weighted by Gasteiger charge is 2.26. The Morgan fingerprint density at radius 2 is 1.90 bits per heavy atom. The normalized spacial score (nSPS) is 20.6. The van der Waals surface area contributed by atoms with Crippen LogP contribution in [0.1, 0.15) is 13.8 Å². The Kier molecular flexibility index (Phi) is 3.57. The summed E-state index contributed by atoms with van der Waals surface area (Å²) in [6.07, 6.45) is 0. The van der Waals surface area contributed by atoms with Gasteiger partial charge in [0.25, 0.3) is 0 Å². The smallest absolute Gasteiger partial charge is 0.214 e. The molecule has 0 bridgehead atoms. The molecule has 0 aromatic rings. The second-order valence-electron chi connectivity index (χ2n) is 2.92. The Hall–Kier alpha value is 0.150. The van der Waals surface area contributed by atoms with Gasteiger partial charge in [-0.05, 0) is 13.0 Å². The Bertz CT molecular complexity index is 141. The summed E-state index contributed by atoms with van der Waals surface area (Å²) in [7, 11) is -1.24. The van der Waals surface area contributed by atoms with E-state index in [0.29, 0.717) is 0 Å². The molecular weight excluding hydrogens is 149 g/mol. The van der Waals surface area contributed by atoms with Crippen molar-refractivity contribution in [2.24, 2.45) is 5.92 Å². The molecule has 0 aliphatic rings. The van der Waals surface area contributed by atoms with Crippen LogP contribution >= 0.6 is 7.37 Å². The average Bonchev–Trinajstić information content (AvgIpc) is 1.60. The van der Waals surface area contributed by atoms with Gasteiger partial charge in [-0.2, -0.15) is 0 Å². The molecule has 4 heteroatoms. The summed E-state index contributed by atoms with van der Waals surface area (Å²) in [4.78, 5) is 9.14. The molecule has 0 rings (SSSR count). The average molecular weight is 165 g/mol.